The summed E-state index contributed by atoms with van der Waals surface area (Å²) in [6.07, 6.45) is 0. The molecule has 3 N–H and O–H groups in total. The summed E-state index contributed by atoms with van der Waals surface area (Å²) in [4.78, 5) is 14.9. The standard InChI is InChI=1S/C11H15ClN2O3/c1-6(2)8(5-15)13-10-7(11(16)17)3-4-9(12)14-10/h3-4,6,8,15H,5H2,1-2H3,(H,13,14)(H,16,17)/t8-/m1/s1. The topological polar surface area (TPSA) is 82.5 Å². The Kier molecular flexibility index (Phi) is 4.72. The van der Waals surface area contributed by atoms with Gasteiger partial charge in [0.25, 0.3) is 0 Å². The van der Waals surface area contributed by atoms with E-state index >= 15 is 0 Å². The number of aromatic carboxylic acids is 1. The molecular weight excluding hydrogens is 244 g/mol. The minimum Gasteiger partial charge on any atom is -0.478 e. The van der Waals surface area contributed by atoms with Gasteiger partial charge in [-0.15, -0.1) is 0 Å². The third kappa shape index (κ3) is 3.57. The zero-order valence-electron chi connectivity index (χ0n) is 9.64. The van der Waals surface area contributed by atoms with Gasteiger partial charge in [0, 0.05) is 0 Å². The van der Waals surface area contributed by atoms with Crippen molar-refractivity contribution in [3.8, 4) is 0 Å². The Morgan fingerprint density at radius 3 is 2.65 bits per heavy atom. The lowest BCUT2D eigenvalue weighted by Gasteiger charge is -2.21. The van der Waals surface area contributed by atoms with Crippen LogP contribution < -0.4 is 5.32 Å². The van der Waals surface area contributed by atoms with Gasteiger partial charge in [-0.3, -0.25) is 0 Å². The van der Waals surface area contributed by atoms with Crippen molar-refractivity contribution in [3.63, 3.8) is 0 Å². The Balaban J connectivity index is 3.03. The fourth-order valence-corrected chi connectivity index (χ4v) is 1.46. The van der Waals surface area contributed by atoms with Crippen molar-refractivity contribution in [2.45, 2.75) is 19.9 Å². The third-order valence-corrected chi connectivity index (χ3v) is 2.63. The predicted molar refractivity (Wildman–Crippen MR) is 65.5 cm³/mol. The third-order valence-electron chi connectivity index (χ3n) is 2.42. The van der Waals surface area contributed by atoms with E-state index in [0.29, 0.717) is 0 Å². The van der Waals surface area contributed by atoms with Gasteiger partial charge >= 0.3 is 5.97 Å². The van der Waals surface area contributed by atoms with E-state index in [1.807, 2.05) is 13.8 Å². The number of halogens is 1. The van der Waals surface area contributed by atoms with Crippen molar-refractivity contribution < 1.29 is 15.0 Å². The van der Waals surface area contributed by atoms with Crippen LogP contribution in [0.1, 0.15) is 24.2 Å². The van der Waals surface area contributed by atoms with Gasteiger partial charge in [-0.25, -0.2) is 9.78 Å². The average Bonchev–Trinajstić information content (AvgIpc) is 2.25. The van der Waals surface area contributed by atoms with Crippen LogP contribution in [0.4, 0.5) is 5.82 Å². The molecular formula is C11H15ClN2O3. The van der Waals surface area contributed by atoms with Gasteiger partial charge in [0.15, 0.2) is 0 Å². The van der Waals surface area contributed by atoms with Gasteiger partial charge in [-0.1, -0.05) is 25.4 Å². The Morgan fingerprint density at radius 2 is 2.18 bits per heavy atom. The number of nitrogens with zero attached hydrogens (tertiary/aromatic N) is 1. The van der Waals surface area contributed by atoms with Crippen LogP contribution in [0.15, 0.2) is 12.1 Å². The zero-order valence-corrected chi connectivity index (χ0v) is 10.4. The van der Waals surface area contributed by atoms with Gasteiger partial charge < -0.3 is 15.5 Å². The molecule has 5 nitrogen and oxygen atoms in total. The number of hydrogen-bond acceptors (Lipinski definition) is 4. The molecule has 1 aromatic heterocycles. The van der Waals surface area contributed by atoms with E-state index in [0.717, 1.165) is 0 Å². The number of aliphatic hydroxyl groups excluding tert-OH is 1. The summed E-state index contributed by atoms with van der Waals surface area (Å²) in [5, 5.41) is 21.3. The zero-order chi connectivity index (χ0) is 13.0. The first-order valence-electron chi connectivity index (χ1n) is 5.23. The van der Waals surface area contributed by atoms with E-state index in [2.05, 4.69) is 10.3 Å². The number of nitrogens with one attached hydrogen (secondary N) is 1. The number of aliphatic hydroxyl groups is 1. The van der Waals surface area contributed by atoms with E-state index < -0.39 is 5.97 Å². The summed E-state index contributed by atoms with van der Waals surface area (Å²) < 4.78 is 0. The van der Waals surface area contributed by atoms with Crippen molar-refractivity contribution in [2.75, 3.05) is 11.9 Å². The first-order chi connectivity index (χ1) is 7.95. The molecule has 0 fully saturated rings. The number of carbonyl (C=O) groups is 1. The van der Waals surface area contributed by atoms with Crippen LogP contribution in [0.2, 0.25) is 5.15 Å². The largest absolute Gasteiger partial charge is 0.478 e. The van der Waals surface area contributed by atoms with Gasteiger partial charge in [0.2, 0.25) is 0 Å². The second-order valence-electron chi connectivity index (χ2n) is 4.01. The first-order valence-corrected chi connectivity index (χ1v) is 5.60. The normalized spacial score (nSPS) is 12.5. The average molecular weight is 259 g/mol. The Labute approximate surface area is 104 Å². The summed E-state index contributed by atoms with van der Waals surface area (Å²) in [7, 11) is 0. The molecule has 17 heavy (non-hydrogen) atoms. The van der Waals surface area contributed by atoms with E-state index in [-0.39, 0.29) is 35.1 Å². The highest BCUT2D eigenvalue weighted by atomic mass is 35.5. The van der Waals surface area contributed by atoms with E-state index in [1.54, 1.807) is 0 Å². The van der Waals surface area contributed by atoms with Crippen LogP contribution in [0.5, 0.6) is 0 Å². The summed E-state index contributed by atoms with van der Waals surface area (Å²) in [6.45, 7) is 3.72. The molecule has 0 aliphatic carbocycles. The fraction of sp³-hybridized carbons (Fsp3) is 0.455. The summed E-state index contributed by atoms with van der Waals surface area (Å²) in [5.74, 6) is -0.766. The molecule has 0 saturated carbocycles. The quantitative estimate of drug-likeness (QED) is 0.703. The number of pyridine rings is 1. The van der Waals surface area contributed by atoms with Gasteiger partial charge in [0.05, 0.1) is 12.6 Å². The molecule has 0 aromatic carbocycles. The minimum atomic E-state index is -1.09. The molecule has 1 aromatic rings. The summed E-state index contributed by atoms with van der Waals surface area (Å²) in [6, 6.07) is 2.54. The molecule has 0 bridgehead atoms. The molecule has 0 spiro atoms. The molecule has 0 amide bonds. The number of rotatable bonds is 5. The molecule has 0 saturated heterocycles. The van der Waals surface area contributed by atoms with Gasteiger partial charge in [-0.05, 0) is 18.1 Å². The van der Waals surface area contributed by atoms with Crippen LogP contribution in [0.25, 0.3) is 0 Å². The van der Waals surface area contributed by atoms with Crippen LogP contribution >= 0.6 is 11.6 Å². The fourth-order valence-electron chi connectivity index (χ4n) is 1.32. The van der Waals surface area contributed by atoms with Crippen molar-refractivity contribution in [2.24, 2.45) is 5.92 Å². The predicted octanol–water partition coefficient (Wildman–Crippen LogP) is 1.86. The van der Waals surface area contributed by atoms with Gasteiger partial charge in [-0.2, -0.15) is 0 Å². The molecule has 0 unspecified atom stereocenters. The van der Waals surface area contributed by atoms with Crippen molar-refractivity contribution in [1.82, 2.24) is 4.98 Å². The van der Waals surface area contributed by atoms with Crippen LogP contribution in [-0.2, 0) is 0 Å². The number of aromatic nitrogens is 1. The van der Waals surface area contributed by atoms with Crippen molar-refractivity contribution in [3.05, 3.63) is 22.8 Å². The van der Waals surface area contributed by atoms with Crippen LogP contribution in [0, 0.1) is 5.92 Å². The monoisotopic (exact) mass is 258 g/mol. The smallest absolute Gasteiger partial charge is 0.339 e. The maximum Gasteiger partial charge on any atom is 0.339 e. The lowest BCUT2D eigenvalue weighted by molar-refractivity contribution is 0.0697. The molecule has 1 heterocycles. The maximum absolute atomic E-state index is 11.0. The number of carboxylic acids is 1. The lowest BCUT2D eigenvalue weighted by Crippen LogP contribution is -2.30. The van der Waals surface area contributed by atoms with Crippen LogP contribution in [0.3, 0.4) is 0 Å². The number of hydrogen-bond donors (Lipinski definition) is 3. The Morgan fingerprint density at radius 1 is 1.53 bits per heavy atom. The van der Waals surface area contributed by atoms with Crippen molar-refractivity contribution >= 4 is 23.4 Å². The first kappa shape index (κ1) is 13.7. The van der Waals surface area contributed by atoms with E-state index in [9.17, 15) is 9.90 Å². The molecule has 0 aliphatic heterocycles. The summed E-state index contributed by atoms with van der Waals surface area (Å²) in [5.41, 5.74) is 0.0356. The van der Waals surface area contributed by atoms with E-state index in [1.165, 1.54) is 12.1 Å². The number of anilines is 1. The van der Waals surface area contributed by atoms with E-state index in [4.69, 9.17) is 16.7 Å². The Bertz CT molecular complexity index is 410. The molecule has 0 aliphatic rings. The van der Waals surface area contributed by atoms with Crippen LogP contribution in [-0.4, -0.2) is 33.8 Å². The molecule has 94 valence electrons. The number of carboxylic acid groups (broad SMARTS) is 1. The minimum absolute atomic E-state index is 0.0356. The molecule has 1 rings (SSSR count). The lowest BCUT2D eigenvalue weighted by atomic mass is 10.1. The highest BCUT2D eigenvalue weighted by Gasteiger charge is 2.17. The second kappa shape index (κ2) is 5.84. The summed E-state index contributed by atoms with van der Waals surface area (Å²) >= 11 is 5.72. The molecule has 6 heteroatoms. The highest BCUT2D eigenvalue weighted by molar-refractivity contribution is 6.29. The molecule has 0 radical (unpaired) electrons. The van der Waals surface area contributed by atoms with Crippen molar-refractivity contribution in [1.29, 1.82) is 0 Å². The highest BCUT2D eigenvalue weighted by Crippen LogP contribution is 2.19. The maximum atomic E-state index is 11.0. The van der Waals surface area contributed by atoms with Gasteiger partial charge in [0.1, 0.15) is 16.5 Å². The Hall–Kier alpha value is -1.33. The SMILES string of the molecule is CC(C)[C@@H](CO)Nc1nc(Cl)ccc1C(=O)O. The molecule has 1 atom stereocenters. The second-order valence-corrected chi connectivity index (χ2v) is 4.40.